The zero-order valence-corrected chi connectivity index (χ0v) is 15.1. The van der Waals surface area contributed by atoms with Crippen LogP contribution in [0, 0.1) is 0 Å². The molecule has 1 N–H and O–H groups in total. The number of anilines is 1. The second kappa shape index (κ2) is 8.75. The van der Waals surface area contributed by atoms with Crippen molar-refractivity contribution < 1.29 is 28.5 Å². The van der Waals surface area contributed by atoms with Crippen molar-refractivity contribution in [3.8, 4) is 17.2 Å². The van der Waals surface area contributed by atoms with E-state index in [0.717, 1.165) is 5.56 Å². The summed E-state index contributed by atoms with van der Waals surface area (Å²) < 4.78 is 20.3. The molecule has 0 saturated carbocycles. The van der Waals surface area contributed by atoms with E-state index in [0.29, 0.717) is 22.9 Å². The number of amides is 1. The van der Waals surface area contributed by atoms with Crippen molar-refractivity contribution in [2.24, 2.45) is 0 Å². The smallest absolute Gasteiger partial charge is 0.340 e. The minimum atomic E-state index is -0.565. The highest BCUT2D eigenvalue weighted by atomic mass is 16.5. The maximum absolute atomic E-state index is 12.4. The molecular formula is C19H21NO6. The van der Waals surface area contributed by atoms with Crippen LogP contribution in [0.15, 0.2) is 36.4 Å². The average molecular weight is 359 g/mol. The summed E-state index contributed by atoms with van der Waals surface area (Å²) in [7, 11) is 5.84. The number of methoxy groups -OCH3 is 4. The Morgan fingerprint density at radius 3 is 2.23 bits per heavy atom. The minimum absolute atomic E-state index is 0.104. The Morgan fingerprint density at radius 1 is 0.885 bits per heavy atom. The predicted molar refractivity (Wildman–Crippen MR) is 96.2 cm³/mol. The number of nitrogens with one attached hydrogen (secondary N) is 1. The number of carbonyl (C=O) groups excluding carboxylic acids is 2. The molecule has 0 heterocycles. The number of rotatable bonds is 7. The summed E-state index contributed by atoms with van der Waals surface area (Å²) in [6.07, 6.45) is 0.104. The molecule has 0 atom stereocenters. The molecule has 0 unspecified atom stereocenters. The first-order chi connectivity index (χ1) is 12.5. The largest absolute Gasteiger partial charge is 0.497 e. The molecule has 0 bridgehead atoms. The summed E-state index contributed by atoms with van der Waals surface area (Å²) in [5.74, 6) is 0.762. The molecule has 138 valence electrons. The van der Waals surface area contributed by atoms with Crippen LogP contribution in [0.2, 0.25) is 0 Å². The lowest BCUT2D eigenvalue weighted by Crippen LogP contribution is -2.17. The molecule has 0 spiro atoms. The van der Waals surface area contributed by atoms with E-state index in [1.54, 1.807) is 37.4 Å². The van der Waals surface area contributed by atoms with Crippen LogP contribution in [0.4, 0.5) is 5.69 Å². The molecule has 2 rings (SSSR count). The van der Waals surface area contributed by atoms with Crippen molar-refractivity contribution in [1.82, 2.24) is 0 Å². The summed E-state index contributed by atoms with van der Waals surface area (Å²) in [4.78, 5) is 24.3. The summed E-state index contributed by atoms with van der Waals surface area (Å²) in [5.41, 5.74) is 1.31. The Morgan fingerprint density at radius 2 is 1.62 bits per heavy atom. The SMILES string of the molecule is COC(=O)c1cc(OC)ccc1NC(=O)Cc1ccc(OC)c(OC)c1. The monoisotopic (exact) mass is 359 g/mol. The van der Waals surface area contributed by atoms with Crippen molar-refractivity contribution >= 4 is 17.6 Å². The maximum Gasteiger partial charge on any atom is 0.340 e. The van der Waals surface area contributed by atoms with E-state index in [1.165, 1.54) is 27.4 Å². The van der Waals surface area contributed by atoms with Gasteiger partial charge in [-0.3, -0.25) is 4.79 Å². The predicted octanol–water partition coefficient (Wildman–Crippen LogP) is 2.68. The van der Waals surface area contributed by atoms with Gasteiger partial charge < -0.3 is 24.3 Å². The van der Waals surface area contributed by atoms with Gasteiger partial charge in [0.2, 0.25) is 5.91 Å². The van der Waals surface area contributed by atoms with Crippen LogP contribution in [0.1, 0.15) is 15.9 Å². The van der Waals surface area contributed by atoms with Crippen molar-refractivity contribution in [3.63, 3.8) is 0 Å². The summed E-state index contributed by atoms with van der Waals surface area (Å²) in [6, 6.07) is 9.99. The Kier molecular flexibility index (Phi) is 6.43. The number of ether oxygens (including phenoxy) is 4. The van der Waals surface area contributed by atoms with E-state index in [1.807, 2.05) is 0 Å². The molecule has 0 aliphatic heterocycles. The first-order valence-corrected chi connectivity index (χ1v) is 7.79. The highest BCUT2D eigenvalue weighted by Gasteiger charge is 2.16. The quantitative estimate of drug-likeness (QED) is 0.766. The van der Waals surface area contributed by atoms with Crippen LogP contribution >= 0.6 is 0 Å². The zero-order valence-electron chi connectivity index (χ0n) is 15.1. The second-order valence-corrected chi connectivity index (χ2v) is 5.32. The molecule has 0 saturated heterocycles. The zero-order chi connectivity index (χ0) is 19.1. The van der Waals surface area contributed by atoms with Crippen molar-refractivity contribution in [2.45, 2.75) is 6.42 Å². The van der Waals surface area contributed by atoms with Crippen molar-refractivity contribution in [3.05, 3.63) is 47.5 Å². The normalized spacial score (nSPS) is 10.0. The third-order valence-electron chi connectivity index (χ3n) is 3.72. The molecule has 7 heteroatoms. The molecule has 0 aliphatic carbocycles. The Labute approximate surface area is 151 Å². The molecule has 26 heavy (non-hydrogen) atoms. The lowest BCUT2D eigenvalue weighted by atomic mass is 10.1. The number of hydrogen-bond acceptors (Lipinski definition) is 6. The van der Waals surface area contributed by atoms with Gasteiger partial charge in [-0.15, -0.1) is 0 Å². The van der Waals surface area contributed by atoms with E-state index < -0.39 is 5.97 Å². The van der Waals surface area contributed by atoms with Gasteiger partial charge in [-0.05, 0) is 35.9 Å². The maximum atomic E-state index is 12.4. The van der Waals surface area contributed by atoms with Gasteiger partial charge in [-0.1, -0.05) is 6.07 Å². The topological polar surface area (TPSA) is 83.1 Å². The fraction of sp³-hybridized carbons (Fsp3) is 0.263. The van der Waals surface area contributed by atoms with Crippen LogP contribution in [0.25, 0.3) is 0 Å². The molecule has 2 aromatic rings. The summed E-state index contributed by atoms with van der Waals surface area (Å²) >= 11 is 0. The fourth-order valence-electron chi connectivity index (χ4n) is 2.41. The van der Waals surface area contributed by atoms with Crippen molar-refractivity contribution in [2.75, 3.05) is 33.8 Å². The molecular weight excluding hydrogens is 338 g/mol. The molecule has 0 fully saturated rings. The van der Waals surface area contributed by atoms with Gasteiger partial charge >= 0.3 is 5.97 Å². The van der Waals surface area contributed by atoms with Gasteiger partial charge in [0.15, 0.2) is 11.5 Å². The fourth-order valence-corrected chi connectivity index (χ4v) is 2.41. The standard InChI is InChI=1S/C19H21NO6/c1-23-13-6-7-15(14(11-13)19(22)26-4)20-18(21)10-12-5-8-16(24-2)17(9-12)25-3/h5-9,11H,10H2,1-4H3,(H,20,21). The van der Waals surface area contributed by atoms with Crippen LogP contribution < -0.4 is 19.5 Å². The van der Waals surface area contributed by atoms with Gasteiger partial charge in [0.05, 0.1) is 46.1 Å². The highest BCUT2D eigenvalue weighted by molar-refractivity contribution is 6.02. The van der Waals surface area contributed by atoms with Crippen molar-refractivity contribution in [1.29, 1.82) is 0 Å². The van der Waals surface area contributed by atoms with E-state index in [9.17, 15) is 9.59 Å². The third kappa shape index (κ3) is 4.44. The summed E-state index contributed by atoms with van der Waals surface area (Å²) in [5, 5.41) is 2.72. The van der Waals surface area contributed by atoms with E-state index >= 15 is 0 Å². The Balaban J connectivity index is 2.18. The first-order valence-electron chi connectivity index (χ1n) is 7.79. The number of benzene rings is 2. The number of esters is 1. The lowest BCUT2D eigenvalue weighted by Gasteiger charge is -2.12. The van der Waals surface area contributed by atoms with Gasteiger partial charge in [-0.25, -0.2) is 4.79 Å². The minimum Gasteiger partial charge on any atom is -0.497 e. The molecule has 0 radical (unpaired) electrons. The molecule has 7 nitrogen and oxygen atoms in total. The molecule has 2 aromatic carbocycles. The third-order valence-corrected chi connectivity index (χ3v) is 3.72. The molecule has 1 amide bonds. The van der Waals surface area contributed by atoms with Gasteiger partial charge in [-0.2, -0.15) is 0 Å². The summed E-state index contributed by atoms with van der Waals surface area (Å²) in [6.45, 7) is 0. The van der Waals surface area contributed by atoms with E-state index in [4.69, 9.17) is 18.9 Å². The van der Waals surface area contributed by atoms with Crippen LogP contribution in [0.3, 0.4) is 0 Å². The van der Waals surface area contributed by atoms with Crippen LogP contribution in [0.5, 0.6) is 17.2 Å². The van der Waals surface area contributed by atoms with Gasteiger partial charge in [0, 0.05) is 0 Å². The molecule has 0 aromatic heterocycles. The average Bonchev–Trinajstić information content (AvgIpc) is 2.67. The van der Waals surface area contributed by atoms with E-state index in [2.05, 4.69) is 5.32 Å². The lowest BCUT2D eigenvalue weighted by molar-refractivity contribution is -0.115. The van der Waals surface area contributed by atoms with Crippen LogP contribution in [-0.4, -0.2) is 40.3 Å². The van der Waals surface area contributed by atoms with Gasteiger partial charge in [0.25, 0.3) is 0 Å². The molecule has 0 aliphatic rings. The Bertz CT molecular complexity index is 803. The van der Waals surface area contributed by atoms with E-state index in [-0.39, 0.29) is 17.9 Å². The number of hydrogen-bond donors (Lipinski definition) is 1. The van der Waals surface area contributed by atoms with Gasteiger partial charge in [0.1, 0.15) is 5.75 Å². The number of carbonyl (C=O) groups is 2. The highest BCUT2D eigenvalue weighted by Crippen LogP contribution is 2.28. The van der Waals surface area contributed by atoms with Crippen LogP contribution in [-0.2, 0) is 16.0 Å². The second-order valence-electron chi connectivity index (χ2n) is 5.32. The first kappa shape index (κ1) is 19.1. The Hall–Kier alpha value is -3.22.